The second-order valence-corrected chi connectivity index (χ2v) is 5.12. The zero-order valence-corrected chi connectivity index (χ0v) is 11.0. The van der Waals surface area contributed by atoms with Crippen LogP contribution in [0, 0.1) is 0 Å². The van der Waals surface area contributed by atoms with Crippen LogP contribution in [0.5, 0.6) is 0 Å². The van der Waals surface area contributed by atoms with Crippen LogP contribution in [0.3, 0.4) is 0 Å². The molecule has 124 valence electrons. The first-order valence-electron chi connectivity index (χ1n) is 6.48. The van der Waals surface area contributed by atoms with Crippen LogP contribution in [0.15, 0.2) is 0 Å². The molecule has 0 spiro atoms. The molecular formula is C11H20O10. The minimum absolute atomic E-state index is 0.249. The highest BCUT2D eigenvalue weighted by molar-refractivity contribution is 4.89. The maximum atomic E-state index is 9.70. The van der Waals surface area contributed by atoms with E-state index in [2.05, 4.69) is 0 Å². The molecule has 2 aliphatic heterocycles. The topological polar surface area (TPSA) is 169 Å². The van der Waals surface area contributed by atoms with Crippen molar-refractivity contribution in [3.8, 4) is 0 Å². The van der Waals surface area contributed by atoms with Gasteiger partial charge in [-0.2, -0.15) is 0 Å². The third-order valence-corrected chi connectivity index (χ3v) is 3.57. The maximum absolute atomic E-state index is 9.70. The number of hydrogen-bond acceptors (Lipinski definition) is 10. The van der Waals surface area contributed by atoms with Crippen LogP contribution in [0.4, 0.5) is 0 Å². The highest BCUT2D eigenvalue weighted by Crippen LogP contribution is 2.22. The number of aliphatic hydroxyl groups excluding tert-OH is 7. The Morgan fingerprint density at radius 1 is 0.810 bits per heavy atom. The molecule has 0 saturated carbocycles. The quantitative estimate of drug-likeness (QED) is 0.268. The van der Waals surface area contributed by atoms with Crippen LogP contribution in [-0.2, 0) is 14.2 Å². The smallest absolute Gasteiger partial charge is 0.186 e. The number of hydrogen-bond donors (Lipinski definition) is 7. The van der Waals surface area contributed by atoms with E-state index < -0.39 is 55.3 Å². The van der Waals surface area contributed by atoms with Crippen molar-refractivity contribution in [2.24, 2.45) is 0 Å². The van der Waals surface area contributed by atoms with Gasteiger partial charge in [0.1, 0.15) is 42.7 Å². The molecule has 0 aromatic rings. The molecule has 0 amide bonds. The lowest BCUT2D eigenvalue weighted by molar-refractivity contribution is -0.312. The summed E-state index contributed by atoms with van der Waals surface area (Å²) in [6.07, 6.45) is -13.1. The van der Waals surface area contributed by atoms with Gasteiger partial charge in [-0.15, -0.1) is 0 Å². The van der Waals surface area contributed by atoms with E-state index in [9.17, 15) is 35.7 Å². The van der Waals surface area contributed by atoms with Crippen molar-refractivity contribution in [2.75, 3.05) is 13.2 Å². The maximum Gasteiger partial charge on any atom is 0.186 e. The van der Waals surface area contributed by atoms with Gasteiger partial charge >= 0.3 is 0 Å². The van der Waals surface area contributed by atoms with E-state index >= 15 is 0 Å². The van der Waals surface area contributed by atoms with Gasteiger partial charge < -0.3 is 50.0 Å². The zero-order valence-electron chi connectivity index (χ0n) is 11.0. The second kappa shape index (κ2) is 6.79. The molecule has 0 unspecified atom stereocenters. The van der Waals surface area contributed by atoms with E-state index in [-0.39, 0.29) is 13.2 Å². The lowest BCUT2D eigenvalue weighted by atomic mass is 9.99. The van der Waals surface area contributed by atoms with Crippen molar-refractivity contribution in [1.82, 2.24) is 0 Å². The molecule has 10 nitrogen and oxygen atoms in total. The molecule has 2 heterocycles. The molecule has 0 aromatic carbocycles. The predicted molar refractivity (Wildman–Crippen MR) is 62.6 cm³/mol. The molecule has 9 atom stereocenters. The predicted octanol–water partition coefficient (Wildman–Crippen LogP) is -4.76. The highest BCUT2D eigenvalue weighted by atomic mass is 16.7. The highest BCUT2D eigenvalue weighted by Gasteiger charge is 2.44. The lowest BCUT2D eigenvalue weighted by Gasteiger charge is -2.40. The fraction of sp³-hybridized carbons (Fsp3) is 1.00. The largest absolute Gasteiger partial charge is 0.388 e. The van der Waals surface area contributed by atoms with E-state index in [1.165, 1.54) is 0 Å². The van der Waals surface area contributed by atoms with Crippen LogP contribution >= 0.6 is 0 Å². The standard InChI is InChI=1S/C11H20O10/c12-3-1-19-11(9(17)5(3)13)20-2-4-6(14)7(15)8(16)10(18)21-4/h3-18H,1-2H2/t3-,4+,5-,6-,7-,8-,9-,10-,11-/m1/s1. The van der Waals surface area contributed by atoms with Gasteiger partial charge in [-0.3, -0.25) is 0 Å². The first-order valence-corrected chi connectivity index (χ1v) is 6.48. The van der Waals surface area contributed by atoms with Gasteiger partial charge in [0.15, 0.2) is 12.6 Å². The summed E-state index contributed by atoms with van der Waals surface area (Å²) in [6, 6.07) is 0. The third-order valence-electron chi connectivity index (χ3n) is 3.57. The van der Waals surface area contributed by atoms with Crippen LogP contribution in [0.25, 0.3) is 0 Å². The summed E-state index contributed by atoms with van der Waals surface area (Å²) >= 11 is 0. The molecule has 0 aromatic heterocycles. The molecule has 0 aliphatic carbocycles. The molecule has 10 heteroatoms. The van der Waals surface area contributed by atoms with E-state index in [0.717, 1.165) is 0 Å². The number of aliphatic hydroxyl groups is 7. The second-order valence-electron chi connectivity index (χ2n) is 5.12. The van der Waals surface area contributed by atoms with Crippen LogP contribution in [0.2, 0.25) is 0 Å². The average Bonchev–Trinajstić information content (AvgIpc) is 2.46. The molecule has 7 N–H and O–H groups in total. The van der Waals surface area contributed by atoms with Gasteiger partial charge in [-0.25, -0.2) is 0 Å². The minimum atomic E-state index is -1.69. The van der Waals surface area contributed by atoms with Crippen molar-refractivity contribution in [3.63, 3.8) is 0 Å². The fourth-order valence-corrected chi connectivity index (χ4v) is 2.18. The SMILES string of the molecule is O[C@H]1[C@@H](O)[C@H](O)O[C@@H](CO[C@H]2OC[C@@H](O)[C@@H](O)[C@H]2O)[C@H]1O. The van der Waals surface area contributed by atoms with Crippen molar-refractivity contribution >= 4 is 0 Å². The summed E-state index contributed by atoms with van der Waals surface area (Å²) in [6.45, 7) is -0.631. The van der Waals surface area contributed by atoms with E-state index in [4.69, 9.17) is 14.2 Å². The van der Waals surface area contributed by atoms with E-state index in [0.29, 0.717) is 0 Å². The Morgan fingerprint density at radius 3 is 2.14 bits per heavy atom. The first-order chi connectivity index (χ1) is 9.82. The Bertz CT molecular complexity index is 341. The molecule has 2 fully saturated rings. The summed E-state index contributed by atoms with van der Waals surface area (Å²) in [4.78, 5) is 0. The Kier molecular flexibility index (Phi) is 5.48. The normalized spacial score (nSPS) is 51.9. The minimum Gasteiger partial charge on any atom is -0.388 e. The first kappa shape index (κ1) is 17.0. The van der Waals surface area contributed by atoms with Crippen LogP contribution in [-0.4, -0.2) is 104 Å². The molecule has 0 bridgehead atoms. The monoisotopic (exact) mass is 312 g/mol. The van der Waals surface area contributed by atoms with Gasteiger partial charge in [-0.1, -0.05) is 0 Å². The number of rotatable bonds is 3. The number of ether oxygens (including phenoxy) is 3. The zero-order chi connectivity index (χ0) is 15.7. The molecule has 2 aliphatic rings. The van der Waals surface area contributed by atoms with Gasteiger partial charge in [-0.05, 0) is 0 Å². The lowest BCUT2D eigenvalue weighted by Crippen LogP contribution is -2.59. The molecule has 2 saturated heterocycles. The van der Waals surface area contributed by atoms with Gasteiger partial charge in [0.25, 0.3) is 0 Å². The average molecular weight is 312 g/mol. The van der Waals surface area contributed by atoms with E-state index in [1.807, 2.05) is 0 Å². The summed E-state index contributed by atoms with van der Waals surface area (Å²) in [7, 11) is 0. The van der Waals surface area contributed by atoms with Crippen molar-refractivity contribution in [1.29, 1.82) is 0 Å². The van der Waals surface area contributed by atoms with Crippen LogP contribution < -0.4 is 0 Å². The van der Waals surface area contributed by atoms with Crippen molar-refractivity contribution < 1.29 is 50.0 Å². The molecule has 21 heavy (non-hydrogen) atoms. The van der Waals surface area contributed by atoms with E-state index in [1.54, 1.807) is 0 Å². The van der Waals surface area contributed by atoms with Gasteiger partial charge in [0.2, 0.25) is 0 Å². The van der Waals surface area contributed by atoms with Crippen molar-refractivity contribution in [3.05, 3.63) is 0 Å². The van der Waals surface area contributed by atoms with Crippen LogP contribution in [0.1, 0.15) is 0 Å². The Morgan fingerprint density at radius 2 is 1.48 bits per heavy atom. The van der Waals surface area contributed by atoms with Gasteiger partial charge in [0, 0.05) is 0 Å². The summed E-state index contributed by atoms with van der Waals surface area (Å²) in [5.74, 6) is 0. The molecule has 0 radical (unpaired) electrons. The van der Waals surface area contributed by atoms with Gasteiger partial charge in [0.05, 0.1) is 13.2 Å². The Balaban J connectivity index is 1.88. The summed E-state index contributed by atoms with van der Waals surface area (Å²) in [5, 5.41) is 66.2. The summed E-state index contributed by atoms with van der Waals surface area (Å²) in [5.41, 5.74) is 0. The third kappa shape index (κ3) is 3.51. The Labute approximate surface area is 119 Å². The fourth-order valence-electron chi connectivity index (χ4n) is 2.18. The molecular weight excluding hydrogens is 292 g/mol. The molecule has 2 rings (SSSR count). The Hall–Kier alpha value is -0.400. The van der Waals surface area contributed by atoms with Crippen molar-refractivity contribution in [2.45, 2.75) is 55.3 Å². The summed E-state index contributed by atoms with van der Waals surface area (Å²) < 4.78 is 15.0.